The molecule has 0 bridgehead atoms. The second-order valence-electron chi connectivity index (χ2n) is 2.76. The van der Waals surface area contributed by atoms with Crippen LogP contribution in [0.3, 0.4) is 0 Å². The van der Waals surface area contributed by atoms with Gasteiger partial charge in [-0.25, -0.2) is 9.49 Å². The minimum Gasteiger partial charge on any atom is -0.497 e. The topological polar surface area (TPSA) is 51.0 Å². The summed E-state index contributed by atoms with van der Waals surface area (Å²) in [5.74, 6) is 0.0881. The number of aromatic amines is 1. The number of halogens is 1. The summed E-state index contributed by atoms with van der Waals surface area (Å²) in [6.07, 6.45) is 0. The van der Waals surface area contributed by atoms with Gasteiger partial charge in [-0.2, -0.15) is 0 Å². The third-order valence-electron chi connectivity index (χ3n) is 1.84. The Labute approximate surface area is 89.7 Å². The van der Waals surface area contributed by atoms with E-state index >= 15 is 0 Å². The Morgan fingerprint density at radius 3 is 2.87 bits per heavy atom. The highest BCUT2D eigenvalue weighted by molar-refractivity contribution is 7.71. The minimum atomic E-state index is -0.473. The van der Waals surface area contributed by atoms with E-state index in [1.54, 1.807) is 6.07 Å². The molecule has 0 aliphatic rings. The molecule has 2 aromatic rings. The minimum absolute atomic E-state index is 0.111. The third kappa shape index (κ3) is 1.89. The fourth-order valence-corrected chi connectivity index (χ4v) is 1.27. The molecule has 1 N–H and O–H groups in total. The monoisotopic (exact) mass is 226 g/mol. The smallest absolute Gasteiger partial charge is 0.284 e. The van der Waals surface area contributed by atoms with Crippen LogP contribution in [-0.4, -0.2) is 17.3 Å². The van der Waals surface area contributed by atoms with E-state index in [0.29, 0.717) is 5.75 Å². The zero-order chi connectivity index (χ0) is 10.8. The second kappa shape index (κ2) is 3.82. The van der Waals surface area contributed by atoms with Crippen LogP contribution in [0.15, 0.2) is 22.6 Å². The molecule has 0 saturated heterocycles. The summed E-state index contributed by atoms with van der Waals surface area (Å²) in [5, 5.41) is 6.15. The maximum absolute atomic E-state index is 13.5. The first-order valence-electron chi connectivity index (χ1n) is 4.10. The summed E-state index contributed by atoms with van der Waals surface area (Å²) >= 11 is 4.69. The van der Waals surface area contributed by atoms with Gasteiger partial charge in [0.25, 0.3) is 4.84 Å². The van der Waals surface area contributed by atoms with Crippen LogP contribution in [0, 0.1) is 10.7 Å². The number of aromatic nitrogens is 2. The molecular formula is C9H7FN2O2S. The van der Waals surface area contributed by atoms with E-state index < -0.39 is 5.82 Å². The van der Waals surface area contributed by atoms with Crippen molar-refractivity contribution in [1.29, 1.82) is 0 Å². The summed E-state index contributed by atoms with van der Waals surface area (Å²) in [6.45, 7) is 0. The van der Waals surface area contributed by atoms with Gasteiger partial charge in [0.15, 0.2) is 0 Å². The Kier molecular flexibility index (Phi) is 2.51. The van der Waals surface area contributed by atoms with Gasteiger partial charge >= 0.3 is 0 Å². The lowest BCUT2D eigenvalue weighted by molar-refractivity contribution is 0.411. The van der Waals surface area contributed by atoms with Gasteiger partial charge < -0.3 is 9.15 Å². The number of nitrogens with one attached hydrogen (secondary N) is 1. The van der Waals surface area contributed by atoms with E-state index in [0.717, 1.165) is 0 Å². The van der Waals surface area contributed by atoms with Crippen molar-refractivity contribution in [2.75, 3.05) is 7.11 Å². The Hall–Kier alpha value is -1.69. The molecule has 0 fully saturated rings. The fraction of sp³-hybridized carbons (Fsp3) is 0.111. The van der Waals surface area contributed by atoms with Crippen molar-refractivity contribution in [1.82, 2.24) is 10.2 Å². The van der Waals surface area contributed by atoms with Crippen LogP contribution in [0.1, 0.15) is 0 Å². The molecule has 0 aliphatic heterocycles. The first kappa shape index (κ1) is 9.85. The second-order valence-corrected chi connectivity index (χ2v) is 3.13. The lowest BCUT2D eigenvalue weighted by Gasteiger charge is -2.01. The first-order valence-corrected chi connectivity index (χ1v) is 4.51. The van der Waals surface area contributed by atoms with Crippen molar-refractivity contribution >= 4 is 12.2 Å². The van der Waals surface area contributed by atoms with E-state index in [1.165, 1.54) is 19.2 Å². The average molecular weight is 226 g/mol. The van der Waals surface area contributed by atoms with Crippen LogP contribution in [0.4, 0.5) is 4.39 Å². The molecule has 1 heterocycles. The molecule has 0 saturated carbocycles. The largest absolute Gasteiger partial charge is 0.497 e. The Morgan fingerprint density at radius 2 is 2.33 bits per heavy atom. The summed E-state index contributed by atoms with van der Waals surface area (Å²) in [7, 11) is 1.47. The molecule has 78 valence electrons. The standard InChI is InChI=1S/C9H7FN2O2S/c1-13-5-2-3-6(7(10)4-5)8-11-12-9(15)14-8/h2-4H,1H3,(H,12,15). The van der Waals surface area contributed by atoms with Gasteiger partial charge in [0.2, 0.25) is 5.89 Å². The number of methoxy groups -OCH3 is 1. The number of hydrogen-bond acceptors (Lipinski definition) is 4. The predicted octanol–water partition coefficient (Wildman–Crippen LogP) is 2.55. The molecule has 15 heavy (non-hydrogen) atoms. The highest BCUT2D eigenvalue weighted by atomic mass is 32.1. The number of H-pyrrole nitrogens is 1. The quantitative estimate of drug-likeness (QED) is 0.799. The lowest BCUT2D eigenvalue weighted by atomic mass is 10.2. The van der Waals surface area contributed by atoms with Crippen LogP contribution in [0.5, 0.6) is 5.75 Å². The molecule has 1 aromatic carbocycles. The SMILES string of the molecule is COc1ccc(-c2n[nH]c(=S)o2)c(F)c1. The van der Waals surface area contributed by atoms with Gasteiger partial charge in [0, 0.05) is 6.07 Å². The van der Waals surface area contributed by atoms with E-state index in [-0.39, 0.29) is 16.3 Å². The van der Waals surface area contributed by atoms with Crippen LogP contribution in [-0.2, 0) is 0 Å². The summed E-state index contributed by atoms with van der Waals surface area (Å²) in [6, 6.07) is 4.39. The maximum atomic E-state index is 13.5. The number of nitrogens with zero attached hydrogens (tertiary/aromatic N) is 1. The van der Waals surface area contributed by atoms with Crippen molar-refractivity contribution in [2.45, 2.75) is 0 Å². The molecule has 1 aromatic heterocycles. The molecule has 4 nitrogen and oxygen atoms in total. The van der Waals surface area contributed by atoms with E-state index in [9.17, 15) is 4.39 Å². The van der Waals surface area contributed by atoms with Crippen molar-refractivity contribution in [3.63, 3.8) is 0 Å². The highest BCUT2D eigenvalue weighted by Gasteiger charge is 2.10. The average Bonchev–Trinajstić information content (AvgIpc) is 2.64. The molecular weight excluding hydrogens is 219 g/mol. The Bertz CT molecular complexity index is 535. The van der Waals surface area contributed by atoms with Gasteiger partial charge in [0.1, 0.15) is 11.6 Å². The first-order chi connectivity index (χ1) is 7.20. The van der Waals surface area contributed by atoms with Gasteiger partial charge in [-0.3, -0.25) is 0 Å². The Morgan fingerprint density at radius 1 is 1.53 bits per heavy atom. The lowest BCUT2D eigenvalue weighted by Crippen LogP contribution is -1.88. The summed E-state index contributed by atoms with van der Waals surface area (Å²) in [4.78, 5) is 0.111. The highest BCUT2D eigenvalue weighted by Crippen LogP contribution is 2.24. The van der Waals surface area contributed by atoms with E-state index in [2.05, 4.69) is 10.2 Å². The summed E-state index contributed by atoms with van der Waals surface area (Å²) < 4.78 is 23.4. The zero-order valence-electron chi connectivity index (χ0n) is 7.78. The van der Waals surface area contributed by atoms with Crippen LogP contribution in [0.25, 0.3) is 11.5 Å². The van der Waals surface area contributed by atoms with Crippen molar-refractivity contribution in [2.24, 2.45) is 0 Å². The summed E-state index contributed by atoms with van der Waals surface area (Å²) in [5.41, 5.74) is 0.239. The van der Waals surface area contributed by atoms with Gasteiger partial charge in [-0.1, -0.05) is 0 Å². The molecule has 2 rings (SSSR count). The molecule has 0 amide bonds. The molecule has 0 radical (unpaired) electrons. The number of rotatable bonds is 2. The third-order valence-corrected chi connectivity index (χ3v) is 2.02. The molecule has 0 aliphatic carbocycles. The molecule has 0 spiro atoms. The van der Waals surface area contributed by atoms with Crippen molar-refractivity contribution in [3.8, 4) is 17.2 Å². The number of hydrogen-bond donors (Lipinski definition) is 1. The maximum Gasteiger partial charge on any atom is 0.284 e. The van der Waals surface area contributed by atoms with Gasteiger partial charge in [-0.15, -0.1) is 5.10 Å². The van der Waals surface area contributed by atoms with Crippen molar-refractivity contribution < 1.29 is 13.5 Å². The number of ether oxygens (including phenoxy) is 1. The molecule has 0 atom stereocenters. The van der Waals surface area contributed by atoms with Crippen LogP contribution < -0.4 is 4.74 Å². The molecule has 0 unspecified atom stereocenters. The van der Waals surface area contributed by atoms with E-state index in [1.807, 2.05) is 0 Å². The fourth-order valence-electron chi connectivity index (χ4n) is 1.14. The number of benzene rings is 1. The molecule has 6 heteroatoms. The van der Waals surface area contributed by atoms with Crippen LogP contribution in [0.2, 0.25) is 0 Å². The van der Waals surface area contributed by atoms with Gasteiger partial charge in [-0.05, 0) is 24.4 Å². The normalized spacial score (nSPS) is 10.3. The van der Waals surface area contributed by atoms with E-state index in [4.69, 9.17) is 21.4 Å². The van der Waals surface area contributed by atoms with Crippen LogP contribution >= 0.6 is 12.2 Å². The Balaban J connectivity index is 2.49. The predicted molar refractivity (Wildman–Crippen MR) is 53.6 cm³/mol. The zero-order valence-corrected chi connectivity index (χ0v) is 8.60. The van der Waals surface area contributed by atoms with Gasteiger partial charge in [0.05, 0.1) is 12.7 Å². The van der Waals surface area contributed by atoms with Crippen molar-refractivity contribution in [3.05, 3.63) is 28.9 Å².